The van der Waals surface area contributed by atoms with E-state index in [0.29, 0.717) is 36.6 Å². The van der Waals surface area contributed by atoms with Gasteiger partial charge in [-0.15, -0.1) is 0 Å². The average molecular weight is 366 g/mol. The fourth-order valence-corrected chi connectivity index (χ4v) is 2.65. The van der Waals surface area contributed by atoms with Gasteiger partial charge in [0.1, 0.15) is 12.4 Å². The molecule has 1 aromatic carbocycles. The fraction of sp³-hybridized carbons (Fsp3) is 0.579. The van der Waals surface area contributed by atoms with Crippen molar-refractivity contribution in [1.29, 1.82) is 0 Å². The third-order valence-corrected chi connectivity index (χ3v) is 3.73. The van der Waals surface area contributed by atoms with E-state index in [0.717, 1.165) is 12.8 Å². The summed E-state index contributed by atoms with van der Waals surface area (Å²) < 4.78 is 13.1. The van der Waals surface area contributed by atoms with E-state index in [-0.39, 0.29) is 19.1 Å². The van der Waals surface area contributed by atoms with Gasteiger partial charge in [0.25, 0.3) is 0 Å². The van der Waals surface area contributed by atoms with E-state index in [1.54, 1.807) is 6.07 Å². The first kappa shape index (κ1) is 21.9. The lowest BCUT2D eigenvalue weighted by Gasteiger charge is -2.20. The molecule has 0 aliphatic heterocycles. The summed E-state index contributed by atoms with van der Waals surface area (Å²) in [5.74, 6) is 0.715. The predicted octanol–water partition coefficient (Wildman–Crippen LogP) is 2.36. The van der Waals surface area contributed by atoms with Crippen molar-refractivity contribution in [2.45, 2.75) is 33.6 Å². The third-order valence-electron chi connectivity index (χ3n) is 3.73. The standard InChI is InChI=1S/C19H31FN4O2/c1-4-21-19(22-12-15(8-9-25)10-14(2)3)23-13-18(26)24-17-7-5-6-16(20)11-17/h5-7,11,14-15,25H,4,8-10,12-13H2,1-3H3,(H,24,26)(H2,21,22,23). The first-order valence-electron chi connectivity index (χ1n) is 9.13. The molecule has 1 aromatic rings. The number of aliphatic hydroxyl groups excluding tert-OH is 1. The largest absolute Gasteiger partial charge is 0.396 e. The Morgan fingerprint density at radius 3 is 2.69 bits per heavy atom. The minimum Gasteiger partial charge on any atom is -0.396 e. The molecule has 1 unspecified atom stereocenters. The van der Waals surface area contributed by atoms with Crippen molar-refractivity contribution in [3.8, 4) is 0 Å². The molecule has 1 atom stereocenters. The summed E-state index contributed by atoms with van der Waals surface area (Å²) in [4.78, 5) is 16.3. The summed E-state index contributed by atoms with van der Waals surface area (Å²) in [7, 11) is 0. The number of carbonyl (C=O) groups excluding carboxylic acids is 1. The molecule has 0 fully saturated rings. The minimum absolute atomic E-state index is 0.0688. The molecule has 0 aliphatic carbocycles. The highest BCUT2D eigenvalue weighted by Gasteiger charge is 2.11. The zero-order chi connectivity index (χ0) is 19.4. The van der Waals surface area contributed by atoms with Crippen LogP contribution in [0.4, 0.5) is 10.1 Å². The van der Waals surface area contributed by atoms with Crippen LogP contribution in [0.5, 0.6) is 0 Å². The predicted molar refractivity (Wildman–Crippen MR) is 104 cm³/mol. The summed E-state index contributed by atoms with van der Waals surface area (Å²) in [6.07, 6.45) is 1.73. The molecule has 0 saturated carbocycles. The zero-order valence-electron chi connectivity index (χ0n) is 15.9. The lowest BCUT2D eigenvalue weighted by molar-refractivity contribution is -0.114. The Labute approximate surface area is 155 Å². The maximum Gasteiger partial charge on any atom is 0.246 e. The normalized spacial score (nSPS) is 12.8. The molecule has 0 bridgehead atoms. The number of rotatable bonds is 10. The van der Waals surface area contributed by atoms with Crippen LogP contribution in [0.25, 0.3) is 0 Å². The molecule has 1 rings (SSSR count). The van der Waals surface area contributed by atoms with Crippen LogP contribution >= 0.6 is 0 Å². The van der Waals surface area contributed by atoms with Crippen molar-refractivity contribution in [2.24, 2.45) is 16.8 Å². The van der Waals surface area contributed by atoms with Gasteiger partial charge in [-0.3, -0.25) is 4.79 Å². The molecule has 4 N–H and O–H groups in total. The fourth-order valence-electron chi connectivity index (χ4n) is 2.65. The van der Waals surface area contributed by atoms with Crippen molar-refractivity contribution >= 4 is 17.6 Å². The van der Waals surface area contributed by atoms with E-state index in [4.69, 9.17) is 0 Å². The van der Waals surface area contributed by atoms with Crippen LogP contribution in [-0.4, -0.2) is 43.2 Å². The first-order chi connectivity index (χ1) is 12.4. The molecule has 0 aliphatic rings. The summed E-state index contributed by atoms with van der Waals surface area (Å²) in [5.41, 5.74) is 0.406. The lowest BCUT2D eigenvalue weighted by atomic mass is 9.94. The van der Waals surface area contributed by atoms with Crippen molar-refractivity contribution in [1.82, 2.24) is 10.6 Å². The number of hydrogen-bond acceptors (Lipinski definition) is 3. The average Bonchev–Trinajstić information content (AvgIpc) is 2.57. The monoisotopic (exact) mass is 366 g/mol. The van der Waals surface area contributed by atoms with Gasteiger partial charge in [-0.2, -0.15) is 0 Å². The number of aliphatic hydroxyl groups is 1. The third kappa shape index (κ3) is 9.36. The highest BCUT2D eigenvalue weighted by molar-refractivity contribution is 5.94. The molecule has 0 radical (unpaired) electrons. The Morgan fingerprint density at radius 2 is 2.08 bits per heavy atom. The van der Waals surface area contributed by atoms with Crippen molar-refractivity contribution in [2.75, 3.05) is 31.6 Å². The Kier molecular flexibility index (Phi) is 10.3. The van der Waals surface area contributed by atoms with E-state index in [1.165, 1.54) is 18.2 Å². The summed E-state index contributed by atoms with van der Waals surface area (Å²) >= 11 is 0. The summed E-state index contributed by atoms with van der Waals surface area (Å²) in [6.45, 7) is 7.69. The maximum absolute atomic E-state index is 13.1. The lowest BCUT2D eigenvalue weighted by Crippen LogP contribution is -2.40. The molecule has 7 heteroatoms. The van der Waals surface area contributed by atoms with E-state index < -0.39 is 5.82 Å². The molecular weight excluding hydrogens is 335 g/mol. The Bertz CT molecular complexity index is 578. The second kappa shape index (κ2) is 12.2. The topological polar surface area (TPSA) is 85.8 Å². The van der Waals surface area contributed by atoms with Crippen LogP contribution in [0, 0.1) is 17.7 Å². The smallest absolute Gasteiger partial charge is 0.246 e. The van der Waals surface area contributed by atoms with E-state index in [9.17, 15) is 14.3 Å². The van der Waals surface area contributed by atoms with Crippen LogP contribution in [-0.2, 0) is 4.79 Å². The van der Waals surface area contributed by atoms with E-state index >= 15 is 0 Å². The quantitative estimate of drug-likeness (QED) is 0.378. The van der Waals surface area contributed by atoms with Gasteiger partial charge >= 0.3 is 0 Å². The number of nitrogens with one attached hydrogen (secondary N) is 3. The number of anilines is 1. The first-order valence-corrected chi connectivity index (χ1v) is 9.13. The van der Waals surface area contributed by atoms with Crippen molar-refractivity contribution in [3.05, 3.63) is 30.1 Å². The minimum atomic E-state index is -0.401. The highest BCUT2D eigenvalue weighted by Crippen LogP contribution is 2.14. The number of hydrogen-bond donors (Lipinski definition) is 4. The zero-order valence-corrected chi connectivity index (χ0v) is 15.9. The van der Waals surface area contributed by atoms with Gasteiger partial charge < -0.3 is 21.1 Å². The second-order valence-electron chi connectivity index (χ2n) is 6.64. The van der Waals surface area contributed by atoms with Crippen LogP contribution in [0.1, 0.15) is 33.6 Å². The van der Waals surface area contributed by atoms with Gasteiger partial charge in [-0.05, 0) is 49.8 Å². The Balaban J connectivity index is 2.56. The van der Waals surface area contributed by atoms with Gasteiger partial charge in [-0.1, -0.05) is 19.9 Å². The van der Waals surface area contributed by atoms with Crippen LogP contribution in [0.2, 0.25) is 0 Å². The van der Waals surface area contributed by atoms with E-state index in [2.05, 4.69) is 34.8 Å². The van der Waals surface area contributed by atoms with Crippen molar-refractivity contribution < 1.29 is 14.3 Å². The molecule has 0 spiro atoms. The van der Waals surface area contributed by atoms with Gasteiger partial charge in [0.15, 0.2) is 5.96 Å². The molecule has 146 valence electrons. The molecule has 0 saturated heterocycles. The van der Waals surface area contributed by atoms with Crippen LogP contribution in [0.15, 0.2) is 29.3 Å². The molecule has 26 heavy (non-hydrogen) atoms. The van der Waals surface area contributed by atoms with Gasteiger partial charge in [-0.25, -0.2) is 9.38 Å². The number of nitrogens with zero attached hydrogens (tertiary/aromatic N) is 1. The number of halogens is 1. The summed E-state index contributed by atoms with van der Waals surface area (Å²) in [6, 6.07) is 5.74. The number of benzene rings is 1. The number of guanidine groups is 1. The molecular formula is C19H31FN4O2. The number of carbonyl (C=O) groups is 1. The Morgan fingerprint density at radius 1 is 1.31 bits per heavy atom. The van der Waals surface area contributed by atoms with Gasteiger partial charge in [0.2, 0.25) is 5.91 Å². The van der Waals surface area contributed by atoms with Crippen LogP contribution < -0.4 is 16.0 Å². The molecule has 1 amide bonds. The molecule has 0 aromatic heterocycles. The van der Waals surface area contributed by atoms with Gasteiger partial charge in [0.05, 0.1) is 0 Å². The van der Waals surface area contributed by atoms with Crippen LogP contribution in [0.3, 0.4) is 0 Å². The highest BCUT2D eigenvalue weighted by atomic mass is 19.1. The number of amides is 1. The van der Waals surface area contributed by atoms with E-state index in [1.807, 2.05) is 6.92 Å². The molecule has 0 heterocycles. The second-order valence-corrected chi connectivity index (χ2v) is 6.64. The Hall–Kier alpha value is -2.15. The number of aliphatic imine (C=N–C) groups is 1. The SMILES string of the molecule is CCNC(=NCC(=O)Nc1cccc(F)c1)NCC(CCO)CC(C)C. The van der Waals surface area contributed by atoms with Gasteiger partial charge in [0, 0.05) is 25.4 Å². The van der Waals surface area contributed by atoms with Crippen molar-refractivity contribution in [3.63, 3.8) is 0 Å². The maximum atomic E-state index is 13.1. The summed E-state index contributed by atoms with van der Waals surface area (Å²) in [5, 5.41) is 18.1. The molecule has 6 nitrogen and oxygen atoms in total.